The number of rotatable bonds is 0. The Morgan fingerprint density at radius 1 is 0.231 bits per heavy atom. The Morgan fingerprint density at radius 3 is 0.231 bits per heavy atom. The van der Waals surface area contributed by atoms with Gasteiger partial charge >= 0.3 is 0 Å². The Labute approximate surface area is 102 Å². The van der Waals surface area contributed by atoms with Crippen LogP contribution >= 0.6 is 0 Å². The van der Waals surface area contributed by atoms with Crippen molar-refractivity contribution in [3.63, 3.8) is 0 Å². The molecular formula is C12H36V. The second-order valence-electron chi connectivity index (χ2n) is 0. The molecule has 0 aliphatic heterocycles. The summed E-state index contributed by atoms with van der Waals surface area (Å²) in [5.41, 5.74) is 0. The van der Waals surface area contributed by atoms with E-state index in [1.807, 2.05) is 83.1 Å². The van der Waals surface area contributed by atoms with Gasteiger partial charge in [0.05, 0.1) is 0 Å². The predicted molar refractivity (Wildman–Crippen MR) is 68.1 cm³/mol. The Kier molecular flexibility index (Phi) is 18900. The van der Waals surface area contributed by atoms with Gasteiger partial charge in [0.15, 0.2) is 0 Å². The molecule has 0 atom stereocenters. The number of hydrogen-bond acceptors (Lipinski definition) is 0. The maximum atomic E-state index is 2.00. The molecule has 0 heterocycles. The summed E-state index contributed by atoms with van der Waals surface area (Å²) in [6, 6.07) is 0. The fourth-order valence-electron chi connectivity index (χ4n) is 0. The van der Waals surface area contributed by atoms with E-state index in [9.17, 15) is 0 Å². The van der Waals surface area contributed by atoms with Crippen LogP contribution in [0.4, 0.5) is 0 Å². The summed E-state index contributed by atoms with van der Waals surface area (Å²) in [5.74, 6) is 0. The van der Waals surface area contributed by atoms with E-state index in [2.05, 4.69) is 0 Å². The molecule has 0 aromatic heterocycles. The molecule has 0 rings (SSSR count). The van der Waals surface area contributed by atoms with Crippen LogP contribution in [-0.2, 0) is 18.6 Å². The summed E-state index contributed by atoms with van der Waals surface area (Å²) in [7, 11) is 0. The Morgan fingerprint density at radius 2 is 0.231 bits per heavy atom. The monoisotopic (exact) mass is 231 g/mol. The molecule has 0 unspecified atom stereocenters. The molecule has 0 saturated carbocycles. The maximum absolute atomic E-state index is 2.00. The van der Waals surface area contributed by atoms with Gasteiger partial charge < -0.3 is 0 Å². The van der Waals surface area contributed by atoms with Crippen molar-refractivity contribution < 1.29 is 18.6 Å². The van der Waals surface area contributed by atoms with Gasteiger partial charge in [-0.05, 0) is 0 Å². The standard InChI is InChI=1S/6C2H6.V/c6*1-2;/h6*1-2H3;. The third kappa shape index (κ3) is 4130. The SMILES string of the molecule is CC.CC.CC.CC.CC.CC.[V]. The topological polar surface area (TPSA) is 0 Å². The molecule has 1 radical (unpaired) electrons. The molecule has 0 N–H and O–H groups in total. The van der Waals surface area contributed by atoms with Gasteiger partial charge in [-0.25, -0.2) is 0 Å². The van der Waals surface area contributed by atoms with Gasteiger partial charge in [0, 0.05) is 18.6 Å². The molecule has 0 saturated heterocycles. The minimum atomic E-state index is 0. The van der Waals surface area contributed by atoms with E-state index in [0.717, 1.165) is 0 Å². The first-order valence-corrected chi connectivity index (χ1v) is 6.00. The van der Waals surface area contributed by atoms with Crippen molar-refractivity contribution in [2.45, 2.75) is 83.1 Å². The summed E-state index contributed by atoms with van der Waals surface area (Å²) in [5, 5.41) is 0. The van der Waals surface area contributed by atoms with Crippen molar-refractivity contribution in [2.24, 2.45) is 0 Å². The van der Waals surface area contributed by atoms with E-state index in [1.54, 1.807) is 0 Å². The van der Waals surface area contributed by atoms with E-state index < -0.39 is 0 Å². The molecule has 1 heteroatoms. The largest absolute Gasteiger partial charge is 0.0683 e. The summed E-state index contributed by atoms with van der Waals surface area (Å²) < 4.78 is 0. The van der Waals surface area contributed by atoms with Crippen molar-refractivity contribution in [2.75, 3.05) is 0 Å². The van der Waals surface area contributed by atoms with Gasteiger partial charge in [0.25, 0.3) is 0 Å². The van der Waals surface area contributed by atoms with E-state index >= 15 is 0 Å². The van der Waals surface area contributed by atoms with E-state index in [4.69, 9.17) is 0 Å². The van der Waals surface area contributed by atoms with Gasteiger partial charge in [-0.3, -0.25) is 0 Å². The van der Waals surface area contributed by atoms with Gasteiger partial charge in [-0.15, -0.1) is 0 Å². The molecule has 0 spiro atoms. The molecule has 0 aliphatic rings. The zero-order valence-corrected chi connectivity index (χ0v) is 13.8. The normalized spacial score (nSPS) is 2.77. The van der Waals surface area contributed by atoms with Gasteiger partial charge in [0.1, 0.15) is 0 Å². The zero-order chi connectivity index (χ0) is 12.0. The van der Waals surface area contributed by atoms with Crippen LogP contribution in [-0.4, -0.2) is 0 Å². The zero-order valence-electron chi connectivity index (χ0n) is 12.4. The van der Waals surface area contributed by atoms with Crippen LogP contribution in [0.1, 0.15) is 83.1 Å². The second kappa shape index (κ2) is 4940. The van der Waals surface area contributed by atoms with E-state index in [-0.39, 0.29) is 18.6 Å². The van der Waals surface area contributed by atoms with Gasteiger partial charge in [0.2, 0.25) is 0 Å². The van der Waals surface area contributed by atoms with Crippen molar-refractivity contribution in [3.8, 4) is 0 Å². The van der Waals surface area contributed by atoms with Crippen molar-refractivity contribution >= 4 is 0 Å². The van der Waals surface area contributed by atoms with Crippen molar-refractivity contribution in [1.29, 1.82) is 0 Å². The van der Waals surface area contributed by atoms with Crippen LogP contribution in [0.15, 0.2) is 0 Å². The van der Waals surface area contributed by atoms with Crippen LogP contribution in [0.25, 0.3) is 0 Å². The first-order valence-electron chi connectivity index (χ1n) is 6.00. The molecular weight excluding hydrogens is 195 g/mol. The molecule has 0 aromatic rings. The van der Waals surface area contributed by atoms with Crippen LogP contribution in [0.2, 0.25) is 0 Å². The molecule has 13 heavy (non-hydrogen) atoms. The molecule has 0 bridgehead atoms. The van der Waals surface area contributed by atoms with Gasteiger partial charge in [-0.2, -0.15) is 0 Å². The average Bonchev–Trinajstić information content (AvgIpc) is 2.33. The van der Waals surface area contributed by atoms with Crippen LogP contribution in [0, 0.1) is 0 Å². The summed E-state index contributed by atoms with van der Waals surface area (Å²) in [4.78, 5) is 0. The van der Waals surface area contributed by atoms with Gasteiger partial charge in [-0.1, -0.05) is 83.1 Å². The molecule has 89 valence electrons. The fourth-order valence-corrected chi connectivity index (χ4v) is 0. The minimum Gasteiger partial charge on any atom is -0.0683 e. The smallest absolute Gasteiger partial charge is 0 e. The van der Waals surface area contributed by atoms with Crippen LogP contribution in [0.3, 0.4) is 0 Å². The van der Waals surface area contributed by atoms with E-state index in [0.29, 0.717) is 0 Å². The molecule has 0 aliphatic carbocycles. The fraction of sp³-hybridized carbons (Fsp3) is 1.00. The van der Waals surface area contributed by atoms with Crippen molar-refractivity contribution in [1.82, 2.24) is 0 Å². The Bertz CT molecular complexity index is 5.09. The Balaban J connectivity index is -0.00000000655. The third-order valence-corrected chi connectivity index (χ3v) is 0. The second-order valence-corrected chi connectivity index (χ2v) is 0. The Hall–Kier alpha value is 0.584. The number of hydrogen-bond donors (Lipinski definition) is 0. The van der Waals surface area contributed by atoms with Crippen LogP contribution in [0.5, 0.6) is 0 Å². The summed E-state index contributed by atoms with van der Waals surface area (Å²) >= 11 is 0. The predicted octanol–water partition coefficient (Wildman–Crippen LogP) is 6.15. The first kappa shape index (κ1) is 49.6. The summed E-state index contributed by atoms with van der Waals surface area (Å²) in [6.07, 6.45) is 0. The molecule has 0 amide bonds. The third-order valence-electron chi connectivity index (χ3n) is 0. The summed E-state index contributed by atoms with van der Waals surface area (Å²) in [6.45, 7) is 24.0. The molecule has 0 aromatic carbocycles. The van der Waals surface area contributed by atoms with E-state index in [1.165, 1.54) is 0 Å². The maximum Gasteiger partial charge on any atom is 0 e. The average molecular weight is 231 g/mol. The minimum absolute atomic E-state index is 0. The molecule has 0 fully saturated rings. The van der Waals surface area contributed by atoms with Crippen molar-refractivity contribution in [3.05, 3.63) is 0 Å². The first-order chi connectivity index (χ1) is 6.00. The molecule has 0 nitrogen and oxygen atoms in total. The quantitative estimate of drug-likeness (QED) is 0.468. The van der Waals surface area contributed by atoms with Crippen LogP contribution < -0.4 is 0 Å².